The minimum atomic E-state index is -0.0345. The van der Waals surface area contributed by atoms with Gasteiger partial charge in [-0.2, -0.15) is 0 Å². The monoisotopic (exact) mass is 449 g/mol. The highest BCUT2D eigenvalue weighted by atomic mass is 127. The van der Waals surface area contributed by atoms with Crippen molar-refractivity contribution in [2.24, 2.45) is 4.99 Å². The van der Waals surface area contributed by atoms with Gasteiger partial charge in [0.1, 0.15) is 12.7 Å². The second-order valence-electron chi connectivity index (χ2n) is 5.65. The second kappa shape index (κ2) is 11.4. The number of guanidine groups is 1. The Morgan fingerprint density at radius 3 is 2.75 bits per heavy atom. The van der Waals surface area contributed by atoms with Gasteiger partial charge in [-0.25, -0.2) is 0 Å². The lowest BCUT2D eigenvalue weighted by Crippen LogP contribution is -2.45. The maximum atomic E-state index is 5.91. The summed E-state index contributed by atoms with van der Waals surface area (Å²) in [6.45, 7) is 6.81. The molecule has 1 aliphatic rings. The van der Waals surface area contributed by atoms with E-state index in [1.807, 2.05) is 38.1 Å². The molecule has 0 bridgehead atoms. The van der Waals surface area contributed by atoms with Crippen LogP contribution in [0.2, 0.25) is 0 Å². The molecule has 0 aliphatic carbocycles. The van der Waals surface area contributed by atoms with Crippen LogP contribution in [0.1, 0.15) is 20.3 Å². The SMILES string of the molecule is CN=C(NCCCOC(C)C)NCC1COc2ccccc2O1.I. The minimum absolute atomic E-state index is 0. The van der Waals surface area contributed by atoms with E-state index in [-0.39, 0.29) is 36.2 Å². The first-order valence-corrected chi connectivity index (χ1v) is 8.13. The first-order valence-electron chi connectivity index (χ1n) is 8.13. The lowest BCUT2D eigenvalue weighted by Gasteiger charge is -2.27. The average Bonchev–Trinajstić information content (AvgIpc) is 2.57. The Labute approximate surface area is 161 Å². The highest BCUT2D eigenvalue weighted by Crippen LogP contribution is 2.30. The number of hydrogen-bond acceptors (Lipinski definition) is 4. The molecule has 0 aromatic heterocycles. The van der Waals surface area contributed by atoms with E-state index in [1.54, 1.807) is 7.05 Å². The largest absolute Gasteiger partial charge is 0.486 e. The summed E-state index contributed by atoms with van der Waals surface area (Å²) in [5, 5.41) is 6.53. The quantitative estimate of drug-likeness (QED) is 0.290. The topological polar surface area (TPSA) is 64.1 Å². The van der Waals surface area contributed by atoms with Crippen LogP contribution in [0.15, 0.2) is 29.3 Å². The summed E-state index contributed by atoms with van der Waals surface area (Å²) in [4.78, 5) is 4.21. The molecule has 136 valence electrons. The van der Waals surface area contributed by atoms with E-state index in [4.69, 9.17) is 14.2 Å². The highest BCUT2D eigenvalue weighted by molar-refractivity contribution is 14.0. The number of para-hydroxylation sites is 2. The summed E-state index contributed by atoms with van der Waals surface area (Å²) in [5.41, 5.74) is 0. The number of hydrogen-bond donors (Lipinski definition) is 2. The molecule has 24 heavy (non-hydrogen) atoms. The maximum Gasteiger partial charge on any atom is 0.191 e. The molecule has 1 unspecified atom stereocenters. The Morgan fingerprint density at radius 1 is 1.29 bits per heavy atom. The first kappa shape index (κ1) is 20.8. The zero-order chi connectivity index (χ0) is 16.5. The summed E-state index contributed by atoms with van der Waals surface area (Å²) < 4.78 is 17.1. The van der Waals surface area contributed by atoms with Gasteiger partial charge in [-0.05, 0) is 32.4 Å². The lowest BCUT2D eigenvalue weighted by atomic mass is 10.2. The summed E-state index contributed by atoms with van der Waals surface area (Å²) in [7, 11) is 1.76. The number of nitrogens with zero attached hydrogens (tertiary/aromatic N) is 1. The van der Waals surface area contributed by atoms with Crippen molar-refractivity contribution in [1.29, 1.82) is 0 Å². The minimum Gasteiger partial charge on any atom is -0.486 e. The van der Waals surface area contributed by atoms with Gasteiger partial charge in [-0.3, -0.25) is 4.99 Å². The van der Waals surface area contributed by atoms with Crippen LogP contribution in [0.5, 0.6) is 11.5 Å². The molecule has 0 fully saturated rings. The summed E-state index contributed by atoms with van der Waals surface area (Å²) >= 11 is 0. The van der Waals surface area contributed by atoms with Crippen molar-refractivity contribution in [3.63, 3.8) is 0 Å². The Hall–Kier alpha value is -1.22. The fraction of sp³-hybridized carbons (Fsp3) is 0.588. The molecule has 0 saturated carbocycles. The predicted molar refractivity (Wildman–Crippen MR) is 107 cm³/mol. The van der Waals surface area contributed by atoms with Gasteiger partial charge in [0.25, 0.3) is 0 Å². The Balaban J connectivity index is 0.00000288. The van der Waals surface area contributed by atoms with Gasteiger partial charge in [0.2, 0.25) is 0 Å². The summed E-state index contributed by atoms with van der Waals surface area (Å²) in [6.07, 6.45) is 1.18. The van der Waals surface area contributed by atoms with E-state index < -0.39 is 0 Å². The van der Waals surface area contributed by atoms with E-state index in [2.05, 4.69) is 15.6 Å². The molecule has 0 radical (unpaired) electrons. The van der Waals surface area contributed by atoms with Crippen molar-refractivity contribution in [1.82, 2.24) is 10.6 Å². The smallest absolute Gasteiger partial charge is 0.191 e. The average molecular weight is 449 g/mol. The van der Waals surface area contributed by atoms with E-state index in [0.717, 1.165) is 37.0 Å². The number of halogens is 1. The van der Waals surface area contributed by atoms with Gasteiger partial charge in [0, 0.05) is 20.2 Å². The molecule has 1 atom stereocenters. The molecule has 0 amide bonds. The Morgan fingerprint density at radius 2 is 2.04 bits per heavy atom. The third-order valence-corrected chi connectivity index (χ3v) is 3.35. The number of ether oxygens (including phenoxy) is 3. The van der Waals surface area contributed by atoms with Crippen LogP contribution in [-0.4, -0.2) is 51.5 Å². The van der Waals surface area contributed by atoms with Crippen molar-refractivity contribution >= 4 is 29.9 Å². The first-order chi connectivity index (χ1) is 11.2. The van der Waals surface area contributed by atoms with Crippen LogP contribution in [-0.2, 0) is 4.74 Å². The zero-order valence-corrected chi connectivity index (χ0v) is 16.9. The molecule has 1 aliphatic heterocycles. The van der Waals surface area contributed by atoms with E-state index >= 15 is 0 Å². The summed E-state index contributed by atoms with van der Waals surface area (Å²) in [6, 6.07) is 7.72. The van der Waals surface area contributed by atoms with Gasteiger partial charge in [-0.15, -0.1) is 24.0 Å². The van der Waals surface area contributed by atoms with Crippen LogP contribution in [0.3, 0.4) is 0 Å². The van der Waals surface area contributed by atoms with Crippen molar-refractivity contribution < 1.29 is 14.2 Å². The van der Waals surface area contributed by atoms with E-state index in [9.17, 15) is 0 Å². The molecule has 2 rings (SSSR count). The van der Waals surface area contributed by atoms with Crippen molar-refractivity contribution in [2.75, 3.05) is 33.4 Å². The van der Waals surface area contributed by atoms with E-state index in [0.29, 0.717) is 13.2 Å². The van der Waals surface area contributed by atoms with Crippen LogP contribution >= 0.6 is 24.0 Å². The molecular weight excluding hydrogens is 421 g/mol. The normalized spacial score (nSPS) is 16.5. The molecule has 2 N–H and O–H groups in total. The van der Waals surface area contributed by atoms with Crippen LogP contribution < -0.4 is 20.1 Å². The molecule has 1 heterocycles. The van der Waals surface area contributed by atoms with Crippen molar-refractivity contribution in [3.05, 3.63) is 24.3 Å². The molecule has 1 aromatic carbocycles. The number of aliphatic imine (C=N–C) groups is 1. The fourth-order valence-electron chi connectivity index (χ4n) is 2.19. The number of rotatable bonds is 7. The third kappa shape index (κ3) is 7.12. The van der Waals surface area contributed by atoms with Crippen LogP contribution in [0.4, 0.5) is 0 Å². The van der Waals surface area contributed by atoms with Gasteiger partial charge in [0.05, 0.1) is 12.6 Å². The lowest BCUT2D eigenvalue weighted by molar-refractivity contribution is 0.0776. The van der Waals surface area contributed by atoms with Gasteiger partial charge in [0.15, 0.2) is 17.5 Å². The maximum absolute atomic E-state index is 5.91. The van der Waals surface area contributed by atoms with Crippen LogP contribution in [0, 0.1) is 0 Å². The number of benzene rings is 1. The molecular formula is C17H28IN3O3. The van der Waals surface area contributed by atoms with E-state index in [1.165, 1.54) is 0 Å². The Bertz CT molecular complexity index is 512. The number of fused-ring (bicyclic) bond motifs is 1. The van der Waals surface area contributed by atoms with Crippen molar-refractivity contribution in [2.45, 2.75) is 32.5 Å². The zero-order valence-electron chi connectivity index (χ0n) is 14.6. The molecule has 0 saturated heterocycles. The standard InChI is InChI=1S/C17H27N3O3.HI/c1-13(2)21-10-6-9-19-17(18-3)20-11-14-12-22-15-7-4-5-8-16(15)23-14;/h4-5,7-8,13-14H,6,9-12H2,1-3H3,(H2,18,19,20);1H. The fourth-order valence-corrected chi connectivity index (χ4v) is 2.19. The van der Waals surface area contributed by atoms with Crippen molar-refractivity contribution in [3.8, 4) is 11.5 Å². The molecule has 0 spiro atoms. The molecule has 7 heteroatoms. The third-order valence-electron chi connectivity index (χ3n) is 3.35. The van der Waals surface area contributed by atoms with Gasteiger partial charge in [-0.1, -0.05) is 12.1 Å². The number of nitrogens with one attached hydrogen (secondary N) is 2. The summed E-state index contributed by atoms with van der Waals surface area (Å²) in [5.74, 6) is 2.35. The van der Waals surface area contributed by atoms with Gasteiger partial charge >= 0.3 is 0 Å². The Kier molecular flexibility index (Phi) is 9.85. The molecule has 6 nitrogen and oxygen atoms in total. The second-order valence-corrected chi connectivity index (χ2v) is 5.65. The predicted octanol–water partition coefficient (Wildman–Crippen LogP) is 2.42. The van der Waals surface area contributed by atoms with Gasteiger partial charge < -0.3 is 24.8 Å². The molecule has 1 aromatic rings. The van der Waals surface area contributed by atoms with Crippen LogP contribution in [0.25, 0.3) is 0 Å². The highest BCUT2D eigenvalue weighted by Gasteiger charge is 2.20.